The van der Waals surface area contributed by atoms with Crippen molar-refractivity contribution in [3.05, 3.63) is 53.7 Å². The fraction of sp³-hybridized carbons (Fsp3) is 0.333. The number of rotatable bonds is 4. The van der Waals surface area contributed by atoms with E-state index in [1.807, 2.05) is 18.2 Å². The lowest BCUT2D eigenvalue weighted by atomic mass is 10.1. The van der Waals surface area contributed by atoms with Crippen molar-refractivity contribution in [3.63, 3.8) is 0 Å². The van der Waals surface area contributed by atoms with E-state index in [0.717, 1.165) is 12.1 Å². The van der Waals surface area contributed by atoms with Crippen molar-refractivity contribution < 1.29 is 9.90 Å². The molecular formula is C18H20N2O2. The SMILES string of the molecule is O=C(O)c1cccc(-c2ccc(CN3CCCCC3)cc2)n1. The number of hydrogen-bond donors (Lipinski definition) is 1. The summed E-state index contributed by atoms with van der Waals surface area (Å²) in [7, 11) is 0. The van der Waals surface area contributed by atoms with Gasteiger partial charge in [-0.15, -0.1) is 0 Å². The number of benzene rings is 1. The molecule has 0 aliphatic carbocycles. The van der Waals surface area contributed by atoms with E-state index in [-0.39, 0.29) is 5.69 Å². The predicted molar refractivity (Wildman–Crippen MR) is 85.8 cm³/mol. The summed E-state index contributed by atoms with van der Waals surface area (Å²) in [6, 6.07) is 13.3. The van der Waals surface area contributed by atoms with Crippen molar-refractivity contribution in [1.82, 2.24) is 9.88 Å². The standard InChI is InChI=1S/C18H20N2O2/c21-18(22)17-6-4-5-16(19-17)15-9-7-14(8-10-15)13-20-11-2-1-3-12-20/h4-10H,1-3,11-13H2,(H,21,22). The van der Waals surface area contributed by atoms with E-state index < -0.39 is 5.97 Å². The van der Waals surface area contributed by atoms with Gasteiger partial charge in [-0.3, -0.25) is 4.90 Å². The zero-order valence-corrected chi connectivity index (χ0v) is 12.5. The van der Waals surface area contributed by atoms with Crippen LogP contribution in [0.25, 0.3) is 11.3 Å². The molecule has 1 aromatic heterocycles. The lowest BCUT2D eigenvalue weighted by molar-refractivity contribution is 0.0690. The first-order valence-corrected chi connectivity index (χ1v) is 7.74. The van der Waals surface area contributed by atoms with Crippen molar-refractivity contribution in [3.8, 4) is 11.3 Å². The molecule has 0 radical (unpaired) electrons. The molecule has 4 heteroatoms. The molecule has 0 saturated carbocycles. The number of carboxylic acid groups (broad SMARTS) is 1. The first-order valence-electron chi connectivity index (χ1n) is 7.74. The Bertz CT molecular complexity index is 646. The highest BCUT2D eigenvalue weighted by Gasteiger charge is 2.11. The fourth-order valence-electron chi connectivity index (χ4n) is 2.87. The van der Waals surface area contributed by atoms with E-state index in [4.69, 9.17) is 5.11 Å². The van der Waals surface area contributed by atoms with Crippen LogP contribution in [0, 0.1) is 0 Å². The van der Waals surface area contributed by atoms with E-state index in [2.05, 4.69) is 22.0 Å². The van der Waals surface area contributed by atoms with Gasteiger partial charge < -0.3 is 5.11 Å². The number of aromatic nitrogens is 1. The van der Waals surface area contributed by atoms with Crippen molar-refractivity contribution in [2.45, 2.75) is 25.8 Å². The van der Waals surface area contributed by atoms with Crippen LogP contribution in [0.5, 0.6) is 0 Å². The van der Waals surface area contributed by atoms with Gasteiger partial charge in [0.25, 0.3) is 0 Å². The van der Waals surface area contributed by atoms with Crippen molar-refractivity contribution in [2.24, 2.45) is 0 Å². The van der Waals surface area contributed by atoms with Gasteiger partial charge >= 0.3 is 5.97 Å². The van der Waals surface area contributed by atoms with Crippen molar-refractivity contribution >= 4 is 5.97 Å². The molecule has 3 rings (SSSR count). The molecule has 1 saturated heterocycles. The Kier molecular flexibility index (Phi) is 4.49. The van der Waals surface area contributed by atoms with Gasteiger partial charge in [0.05, 0.1) is 5.69 Å². The van der Waals surface area contributed by atoms with Gasteiger partial charge in [-0.1, -0.05) is 36.8 Å². The minimum atomic E-state index is -0.997. The Labute approximate surface area is 130 Å². The number of nitrogens with zero attached hydrogens (tertiary/aromatic N) is 2. The van der Waals surface area contributed by atoms with Gasteiger partial charge in [-0.2, -0.15) is 0 Å². The molecule has 2 heterocycles. The highest BCUT2D eigenvalue weighted by atomic mass is 16.4. The van der Waals surface area contributed by atoms with Gasteiger partial charge in [0, 0.05) is 12.1 Å². The van der Waals surface area contributed by atoms with Crippen LogP contribution in [-0.4, -0.2) is 34.0 Å². The van der Waals surface area contributed by atoms with Crippen LogP contribution in [0.2, 0.25) is 0 Å². The molecular weight excluding hydrogens is 276 g/mol. The topological polar surface area (TPSA) is 53.4 Å². The minimum Gasteiger partial charge on any atom is -0.477 e. The van der Waals surface area contributed by atoms with Crippen LogP contribution in [0.4, 0.5) is 0 Å². The number of carboxylic acids is 1. The number of likely N-dealkylation sites (tertiary alicyclic amines) is 1. The molecule has 0 bridgehead atoms. The second kappa shape index (κ2) is 6.71. The smallest absolute Gasteiger partial charge is 0.354 e. The zero-order chi connectivity index (χ0) is 15.4. The van der Waals surface area contributed by atoms with E-state index in [1.54, 1.807) is 6.07 Å². The Hall–Kier alpha value is -2.20. The molecule has 0 amide bonds. The van der Waals surface area contributed by atoms with Crippen LogP contribution in [0.3, 0.4) is 0 Å². The zero-order valence-electron chi connectivity index (χ0n) is 12.5. The first kappa shape index (κ1) is 14.7. The van der Waals surface area contributed by atoms with Gasteiger partial charge in [-0.25, -0.2) is 9.78 Å². The second-order valence-corrected chi connectivity index (χ2v) is 5.75. The molecule has 1 fully saturated rings. The predicted octanol–water partition coefficient (Wildman–Crippen LogP) is 3.43. The Morgan fingerprint density at radius 1 is 1.05 bits per heavy atom. The van der Waals surface area contributed by atoms with Gasteiger partial charge in [0.15, 0.2) is 0 Å². The third kappa shape index (κ3) is 3.52. The van der Waals surface area contributed by atoms with Crippen molar-refractivity contribution in [1.29, 1.82) is 0 Å². The van der Waals surface area contributed by atoms with E-state index in [9.17, 15) is 4.79 Å². The number of aromatic carboxylic acids is 1. The van der Waals surface area contributed by atoms with Crippen LogP contribution in [-0.2, 0) is 6.54 Å². The molecule has 1 aliphatic rings. The summed E-state index contributed by atoms with van der Waals surface area (Å²) >= 11 is 0. The van der Waals surface area contributed by atoms with E-state index >= 15 is 0 Å². The van der Waals surface area contributed by atoms with Crippen LogP contribution in [0.1, 0.15) is 35.3 Å². The number of carbonyl (C=O) groups is 1. The summed E-state index contributed by atoms with van der Waals surface area (Å²) in [6.07, 6.45) is 3.94. The molecule has 0 atom stereocenters. The highest BCUT2D eigenvalue weighted by molar-refractivity contribution is 5.86. The molecule has 4 nitrogen and oxygen atoms in total. The lowest BCUT2D eigenvalue weighted by Gasteiger charge is -2.26. The Morgan fingerprint density at radius 3 is 2.45 bits per heavy atom. The lowest BCUT2D eigenvalue weighted by Crippen LogP contribution is -2.28. The van der Waals surface area contributed by atoms with Crippen molar-refractivity contribution in [2.75, 3.05) is 13.1 Å². The quantitative estimate of drug-likeness (QED) is 0.939. The van der Waals surface area contributed by atoms with Gasteiger partial charge in [-0.05, 0) is 43.6 Å². The Balaban J connectivity index is 1.73. The molecule has 0 spiro atoms. The second-order valence-electron chi connectivity index (χ2n) is 5.75. The molecule has 1 aromatic carbocycles. The van der Waals surface area contributed by atoms with E-state index in [1.165, 1.54) is 44.0 Å². The maximum absolute atomic E-state index is 11.0. The summed E-state index contributed by atoms with van der Waals surface area (Å²) < 4.78 is 0. The maximum Gasteiger partial charge on any atom is 0.354 e. The highest BCUT2D eigenvalue weighted by Crippen LogP contribution is 2.19. The molecule has 114 valence electrons. The summed E-state index contributed by atoms with van der Waals surface area (Å²) in [6.45, 7) is 3.36. The van der Waals surface area contributed by atoms with Crippen LogP contribution < -0.4 is 0 Å². The van der Waals surface area contributed by atoms with Gasteiger partial charge in [0.2, 0.25) is 0 Å². The van der Waals surface area contributed by atoms with Crippen LogP contribution in [0.15, 0.2) is 42.5 Å². The molecule has 1 N–H and O–H groups in total. The monoisotopic (exact) mass is 296 g/mol. The Morgan fingerprint density at radius 2 is 1.77 bits per heavy atom. The number of hydrogen-bond acceptors (Lipinski definition) is 3. The van der Waals surface area contributed by atoms with Gasteiger partial charge in [0.1, 0.15) is 5.69 Å². The maximum atomic E-state index is 11.0. The fourth-order valence-corrected chi connectivity index (χ4v) is 2.87. The summed E-state index contributed by atoms with van der Waals surface area (Å²) in [5, 5.41) is 9.01. The normalized spacial score (nSPS) is 15.6. The van der Waals surface area contributed by atoms with Crippen LogP contribution >= 0.6 is 0 Å². The molecule has 2 aromatic rings. The minimum absolute atomic E-state index is 0.0786. The van der Waals surface area contributed by atoms with E-state index in [0.29, 0.717) is 5.69 Å². The number of piperidine rings is 1. The first-order chi connectivity index (χ1) is 10.7. The summed E-state index contributed by atoms with van der Waals surface area (Å²) in [5.74, 6) is -0.997. The average Bonchev–Trinajstić information content (AvgIpc) is 2.56. The number of pyridine rings is 1. The molecule has 0 unspecified atom stereocenters. The summed E-state index contributed by atoms with van der Waals surface area (Å²) in [5.41, 5.74) is 3.02. The third-order valence-electron chi connectivity index (χ3n) is 4.07. The largest absolute Gasteiger partial charge is 0.477 e. The summed E-state index contributed by atoms with van der Waals surface area (Å²) in [4.78, 5) is 17.7. The third-order valence-corrected chi connectivity index (χ3v) is 4.07. The molecule has 1 aliphatic heterocycles. The average molecular weight is 296 g/mol. The molecule has 22 heavy (non-hydrogen) atoms.